The van der Waals surface area contributed by atoms with E-state index in [0.717, 1.165) is 27.9 Å². The van der Waals surface area contributed by atoms with Gasteiger partial charge in [0.25, 0.3) is 13.0 Å². The third-order valence-corrected chi connectivity index (χ3v) is 10.3. The van der Waals surface area contributed by atoms with E-state index in [-0.39, 0.29) is 23.4 Å². The fourth-order valence-electron chi connectivity index (χ4n) is 5.71. The van der Waals surface area contributed by atoms with E-state index in [1.54, 1.807) is 0 Å². The summed E-state index contributed by atoms with van der Waals surface area (Å²) in [6, 6.07) is 0. The van der Waals surface area contributed by atoms with E-state index in [2.05, 4.69) is 15.0 Å². The molecular formula is C23H20BF4N5O10P2S. The van der Waals surface area contributed by atoms with Gasteiger partial charge in [-0.05, 0) is 11.8 Å². The van der Waals surface area contributed by atoms with Gasteiger partial charge in [-0.3, -0.25) is 27.8 Å². The minimum atomic E-state index is -4.73. The van der Waals surface area contributed by atoms with Crippen LogP contribution in [0, 0.1) is 11.6 Å². The molecular weight excluding hydrogens is 687 g/mol. The van der Waals surface area contributed by atoms with E-state index >= 15 is 8.78 Å². The lowest BCUT2D eigenvalue weighted by atomic mass is 10.1. The van der Waals surface area contributed by atoms with E-state index in [1.807, 2.05) is 0 Å². The van der Waals surface area contributed by atoms with Gasteiger partial charge >= 0.3 is 6.72 Å². The molecule has 0 aliphatic carbocycles. The molecule has 0 spiro atoms. The third kappa shape index (κ3) is 5.45. The van der Waals surface area contributed by atoms with Crippen molar-refractivity contribution in [1.29, 1.82) is 0 Å². The fourth-order valence-corrected chi connectivity index (χ4v) is 8.16. The van der Waals surface area contributed by atoms with Crippen LogP contribution in [0.3, 0.4) is 0 Å². The zero-order valence-electron chi connectivity index (χ0n) is 22.9. The largest absolute Gasteiger partial charge is 0.346 e. The van der Waals surface area contributed by atoms with E-state index < -0.39 is 105 Å². The topological polar surface area (TPSA) is 178 Å². The predicted molar refractivity (Wildman–Crippen MR) is 151 cm³/mol. The normalized spacial score (nSPS) is 38.2. The number of ketones is 1. The van der Waals surface area contributed by atoms with Gasteiger partial charge in [0.2, 0.25) is 7.57 Å². The number of carbonyl (C=O) groups excluding carboxylic acids is 1. The molecule has 23 heteroatoms. The van der Waals surface area contributed by atoms with Crippen molar-refractivity contribution in [2.75, 3.05) is 13.2 Å². The number of aromatic nitrogens is 4. The number of fused-ring (bicyclic) bond motifs is 4. The molecule has 7 heterocycles. The lowest BCUT2D eigenvalue weighted by Crippen LogP contribution is -2.37. The van der Waals surface area contributed by atoms with Crippen molar-refractivity contribution in [1.82, 2.24) is 19.1 Å². The van der Waals surface area contributed by atoms with Crippen molar-refractivity contribution in [2.24, 2.45) is 4.99 Å². The predicted octanol–water partition coefficient (Wildman–Crippen LogP) is 2.57. The average Bonchev–Trinajstić information content (AvgIpc) is 3.69. The Kier molecular flexibility index (Phi) is 8.03. The average molecular weight is 707 g/mol. The Morgan fingerprint density at radius 1 is 1.00 bits per heavy atom. The first-order valence-corrected chi connectivity index (χ1v) is 17.6. The number of H-pyrrole nitrogens is 1. The monoisotopic (exact) mass is 707 g/mol. The summed E-state index contributed by atoms with van der Waals surface area (Å²) in [6.07, 6.45) is -11.1. The Labute approximate surface area is 260 Å². The minimum Gasteiger partial charge on any atom is -0.346 e. The van der Waals surface area contributed by atoms with E-state index in [4.69, 9.17) is 46.9 Å². The lowest BCUT2D eigenvalue weighted by molar-refractivity contribution is -0.0568. The van der Waals surface area contributed by atoms with Crippen LogP contribution in [-0.4, -0.2) is 93.5 Å². The maximum absolute atomic E-state index is 16.0. The number of aromatic amines is 1. The van der Waals surface area contributed by atoms with Gasteiger partial charge in [0.15, 0.2) is 47.9 Å². The number of nitrogens with one attached hydrogen (secondary N) is 1. The second-order valence-electron chi connectivity index (χ2n) is 10.6. The summed E-state index contributed by atoms with van der Waals surface area (Å²) in [4.78, 5) is 45.3. The second kappa shape index (κ2) is 11.5. The Bertz CT molecular complexity index is 1930. The highest BCUT2D eigenvalue weighted by Gasteiger charge is 2.54. The molecule has 3 saturated heterocycles. The number of rotatable bonds is 2. The molecule has 4 aliphatic rings. The van der Waals surface area contributed by atoms with Crippen molar-refractivity contribution in [3.63, 3.8) is 0 Å². The summed E-state index contributed by atoms with van der Waals surface area (Å²) in [7, 11) is 1.03. The maximum atomic E-state index is 16.0. The van der Waals surface area contributed by atoms with Crippen molar-refractivity contribution in [3.05, 3.63) is 46.3 Å². The molecule has 4 aliphatic heterocycles. The standard InChI is InChI=1S/C23H20BF4N5O10P2S/c24-44(36)38-5-11-18(16(28)23(40-11)33-4-9(26)14-20(33)30-7-31-21(14)35)43-45(37,46)39-6-12-17(42-44)15(27)22(41-12)32-3-8(25)13-10(34)1-2-29-19(13)32/h2-4,7,11-12,15-18,22-23H,1,5-6H2,(H,37,46)(H,30,31,35)/t11-,12-,15+,16?,17?,18+,22-,23-,44?,45?/m1/s1. The van der Waals surface area contributed by atoms with Crippen LogP contribution in [0.2, 0.25) is 0 Å². The molecule has 244 valence electrons. The minimum absolute atomic E-state index is 0.169. The Hall–Kier alpha value is -2.58. The lowest BCUT2D eigenvalue weighted by Gasteiger charge is -2.29. The molecule has 3 aromatic rings. The van der Waals surface area contributed by atoms with Gasteiger partial charge in [-0.1, -0.05) is 0 Å². The number of nitrogens with zero attached hydrogens (tertiary/aromatic N) is 4. The fraction of sp³-hybridized carbons (Fsp3) is 0.478. The molecule has 3 fully saturated rings. The number of hydrogen-bond donors (Lipinski definition) is 2. The highest BCUT2D eigenvalue weighted by atomic mass is 32.5. The van der Waals surface area contributed by atoms with Crippen molar-refractivity contribution >= 4 is 62.4 Å². The summed E-state index contributed by atoms with van der Waals surface area (Å²) in [5.41, 5.74) is -1.50. The van der Waals surface area contributed by atoms with Gasteiger partial charge < -0.3 is 32.9 Å². The molecule has 15 nitrogen and oxygen atoms in total. The van der Waals surface area contributed by atoms with Crippen LogP contribution in [0.4, 0.5) is 23.4 Å². The van der Waals surface area contributed by atoms with Crippen LogP contribution in [-0.2, 0) is 43.9 Å². The van der Waals surface area contributed by atoms with Crippen LogP contribution < -0.4 is 5.56 Å². The summed E-state index contributed by atoms with van der Waals surface area (Å²) >= 11 is 5.06. The molecule has 3 aromatic heterocycles. The number of hydrogen-bond acceptors (Lipinski definition) is 12. The zero-order valence-corrected chi connectivity index (χ0v) is 25.5. The van der Waals surface area contributed by atoms with Gasteiger partial charge in [0, 0.05) is 25.0 Å². The van der Waals surface area contributed by atoms with Gasteiger partial charge in [-0.2, -0.15) is 0 Å². The zero-order chi connectivity index (χ0) is 32.7. The molecule has 10 atom stereocenters. The number of halogens is 4. The van der Waals surface area contributed by atoms with Crippen LogP contribution in [0.15, 0.2) is 28.5 Å². The first-order valence-electron chi connectivity index (χ1n) is 13.4. The Balaban J connectivity index is 1.17. The van der Waals surface area contributed by atoms with Crippen LogP contribution in [0.25, 0.3) is 11.0 Å². The van der Waals surface area contributed by atoms with Crippen molar-refractivity contribution in [2.45, 2.75) is 55.6 Å². The summed E-state index contributed by atoms with van der Waals surface area (Å²) < 4.78 is 109. The SMILES string of the molecule is [B]P1(=O)OC[C@H]2O[C@@H](n3cc(F)c4c(=O)[nH]cnc43)C(F)[C@H]2OP(O)(=S)OC[C@H]2O[C@@H](n3cc(F)c4c3N=CCC4=O)[C@@H](F)C2O1. The second-order valence-corrected chi connectivity index (χ2v) is 14.9. The van der Waals surface area contributed by atoms with Crippen molar-refractivity contribution < 1.29 is 59.4 Å². The molecule has 0 aromatic carbocycles. The molecule has 4 unspecified atom stereocenters. The van der Waals surface area contributed by atoms with Gasteiger partial charge in [-0.25, -0.2) is 27.5 Å². The summed E-state index contributed by atoms with van der Waals surface area (Å²) in [6.45, 7) is -6.05. The number of Topliss-reactive ketones (excluding diaryl/α,β-unsaturated/α-hetero) is 1. The highest BCUT2D eigenvalue weighted by molar-refractivity contribution is 8.07. The van der Waals surface area contributed by atoms with Crippen LogP contribution >= 0.6 is 14.2 Å². The van der Waals surface area contributed by atoms with E-state index in [9.17, 15) is 27.8 Å². The number of aliphatic imine (C=N–C) groups is 1. The van der Waals surface area contributed by atoms with Gasteiger partial charge in [-0.15, -0.1) is 0 Å². The first-order chi connectivity index (χ1) is 21.7. The molecule has 46 heavy (non-hydrogen) atoms. The number of carbonyl (C=O) groups is 1. The molecule has 0 saturated carbocycles. The Morgan fingerprint density at radius 2 is 1.63 bits per heavy atom. The third-order valence-electron chi connectivity index (χ3n) is 7.72. The van der Waals surface area contributed by atoms with Gasteiger partial charge in [0.05, 0.1) is 25.1 Å². The molecule has 2 N–H and O–H groups in total. The quantitative estimate of drug-likeness (QED) is 0.227. The molecule has 0 bridgehead atoms. The number of alkyl halides is 2. The maximum Gasteiger partial charge on any atom is 0.325 e. The molecule has 7 rings (SSSR count). The smallest absolute Gasteiger partial charge is 0.325 e. The first kappa shape index (κ1) is 32.0. The van der Waals surface area contributed by atoms with Crippen LogP contribution in [0.5, 0.6) is 0 Å². The highest BCUT2D eigenvalue weighted by Crippen LogP contribution is 2.54. The number of ether oxygens (including phenoxy) is 2. The Morgan fingerprint density at radius 3 is 2.35 bits per heavy atom. The van der Waals surface area contributed by atoms with E-state index in [0.29, 0.717) is 0 Å². The summed E-state index contributed by atoms with van der Waals surface area (Å²) in [5.74, 6) is -2.84. The molecule has 2 radical (unpaired) electrons. The molecule has 0 amide bonds. The van der Waals surface area contributed by atoms with Crippen molar-refractivity contribution in [3.8, 4) is 0 Å². The van der Waals surface area contributed by atoms with Gasteiger partial charge in [0.1, 0.15) is 35.6 Å². The van der Waals surface area contributed by atoms with Crippen LogP contribution in [0.1, 0.15) is 29.2 Å². The summed E-state index contributed by atoms with van der Waals surface area (Å²) in [5, 5.41) is -0.482. The van der Waals surface area contributed by atoms with E-state index in [1.165, 1.54) is 6.21 Å².